The Bertz CT molecular complexity index is 822. The summed E-state index contributed by atoms with van der Waals surface area (Å²) in [7, 11) is 2.60. The third-order valence-electron chi connectivity index (χ3n) is 3.94. The monoisotopic (exact) mass is 372 g/mol. The Kier molecular flexibility index (Phi) is 6.87. The standard InChI is InChI=1S/C19H20N2O6/c1-26-17-9-8-15(12-16(17)21(24)25)19(23)20(11-10-18(22)27-2)13-14-6-4-3-5-7-14/h3-9,12H,10-11,13H2,1-2H3. The van der Waals surface area contributed by atoms with Crippen LogP contribution in [0.5, 0.6) is 5.75 Å². The zero-order valence-electron chi connectivity index (χ0n) is 15.1. The first-order chi connectivity index (χ1) is 13.0. The largest absolute Gasteiger partial charge is 0.490 e. The van der Waals surface area contributed by atoms with E-state index >= 15 is 0 Å². The minimum absolute atomic E-state index is 0.0212. The first kappa shape index (κ1) is 19.9. The second-order valence-electron chi connectivity index (χ2n) is 5.68. The maximum Gasteiger partial charge on any atom is 0.311 e. The van der Waals surface area contributed by atoms with E-state index in [2.05, 4.69) is 4.74 Å². The van der Waals surface area contributed by atoms with E-state index in [1.165, 1.54) is 37.3 Å². The molecule has 2 rings (SSSR count). The van der Waals surface area contributed by atoms with Gasteiger partial charge in [0.15, 0.2) is 5.75 Å². The Balaban J connectivity index is 2.30. The highest BCUT2D eigenvalue weighted by molar-refractivity contribution is 5.95. The van der Waals surface area contributed by atoms with Gasteiger partial charge in [0.05, 0.1) is 25.6 Å². The van der Waals surface area contributed by atoms with Crippen molar-refractivity contribution in [2.24, 2.45) is 0 Å². The summed E-state index contributed by atoms with van der Waals surface area (Å²) in [5, 5.41) is 11.2. The molecule has 1 amide bonds. The van der Waals surface area contributed by atoms with Crippen molar-refractivity contribution >= 4 is 17.6 Å². The number of hydrogen-bond acceptors (Lipinski definition) is 6. The molecule has 0 saturated heterocycles. The van der Waals surface area contributed by atoms with Crippen LogP contribution in [0.1, 0.15) is 22.3 Å². The molecule has 0 unspecified atom stereocenters. The Morgan fingerprint density at radius 1 is 1.11 bits per heavy atom. The van der Waals surface area contributed by atoms with Crippen molar-refractivity contribution in [2.45, 2.75) is 13.0 Å². The average Bonchev–Trinajstić information content (AvgIpc) is 2.70. The summed E-state index contributed by atoms with van der Waals surface area (Å²) in [4.78, 5) is 36.5. The fourth-order valence-corrected chi connectivity index (χ4v) is 2.53. The second kappa shape index (κ2) is 9.33. The van der Waals surface area contributed by atoms with Crippen LogP contribution < -0.4 is 4.74 Å². The number of rotatable bonds is 8. The fraction of sp³-hybridized carbons (Fsp3) is 0.263. The Labute approximate surface area is 156 Å². The molecule has 0 fully saturated rings. The van der Waals surface area contributed by atoms with Gasteiger partial charge in [0, 0.05) is 24.7 Å². The molecule has 8 heteroatoms. The second-order valence-corrected chi connectivity index (χ2v) is 5.68. The molecule has 8 nitrogen and oxygen atoms in total. The number of ether oxygens (including phenoxy) is 2. The van der Waals surface area contributed by atoms with Crippen molar-refractivity contribution in [3.05, 3.63) is 69.8 Å². The number of nitro groups is 1. The van der Waals surface area contributed by atoms with E-state index in [0.29, 0.717) is 0 Å². The minimum atomic E-state index is -0.606. The van der Waals surface area contributed by atoms with Gasteiger partial charge in [0.2, 0.25) is 0 Å². The lowest BCUT2D eigenvalue weighted by Gasteiger charge is -2.22. The normalized spacial score (nSPS) is 10.1. The molecular weight excluding hydrogens is 352 g/mol. The summed E-state index contributed by atoms with van der Waals surface area (Å²) in [6.07, 6.45) is 0.0212. The molecule has 0 aliphatic carbocycles. The van der Waals surface area contributed by atoms with Crippen LogP contribution in [0.3, 0.4) is 0 Å². The number of carbonyl (C=O) groups excluding carboxylic acids is 2. The van der Waals surface area contributed by atoms with E-state index in [0.717, 1.165) is 5.56 Å². The smallest absolute Gasteiger partial charge is 0.311 e. The number of carbonyl (C=O) groups is 2. The number of methoxy groups -OCH3 is 2. The summed E-state index contributed by atoms with van der Waals surface area (Å²) in [6, 6.07) is 13.3. The van der Waals surface area contributed by atoms with Gasteiger partial charge in [-0.3, -0.25) is 19.7 Å². The number of nitrogens with zero attached hydrogens (tertiary/aromatic N) is 2. The van der Waals surface area contributed by atoms with E-state index in [1.807, 2.05) is 30.3 Å². The lowest BCUT2D eigenvalue weighted by Crippen LogP contribution is -2.32. The highest BCUT2D eigenvalue weighted by Crippen LogP contribution is 2.28. The molecule has 0 N–H and O–H groups in total. The van der Waals surface area contributed by atoms with Crippen molar-refractivity contribution in [1.29, 1.82) is 0 Å². The molecule has 0 spiro atoms. The predicted molar refractivity (Wildman–Crippen MR) is 97.5 cm³/mol. The van der Waals surface area contributed by atoms with Crippen molar-refractivity contribution in [3.63, 3.8) is 0 Å². The fourth-order valence-electron chi connectivity index (χ4n) is 2.53. The van der Waals surface area contributed by atoms with Crippen molar-refractivity contribution in [3.8, 4) is 5.75 Å². The van der Waals surface area contributed by atoms with Gasteiger partial charge in [-0.2, -0.15) is 0 Å². The SMILES string of the molecule is COC(=O)CCN(Cc1ccccc1)C(=O)c1ccc(OC)c([N+](=O)[O-])c1. The van der Waals surface area contributed by atoms with Crippen LogP contribution in [0.15, 0.2) is 48.5 Å². The molecule has 0 heterocycles. The number of hydrogen-bond donors (Lipinski definition) is 0. The summed E-state index contributed by atoms with van der Waals surface area (Å²) in [5.41, 5.74) is 0.720. The lowest BCUT2D eigenvalue weighted by molar-refractivity contribution is -0.385. The molecule has 0 saturated carbocycles. The van der Waals surface area contributed by atoms with Gasteiger partial charge >= 0.3 is 11.7 Å². The first-order valence-corrected chi connectivity index (χ1v) is 8.18. The van der Waals surface area contributed by atoms with Crippen LogP contribution >= 0.6 is 0 Å². The van der Waals surface area contributed by atoms with Gasteiger partial charge in [-0.15, -0.1) is 0 Å². The van der Waals surface area contributed by atoms with Gasteiger partial charge in [0.25, 0.3) is 5.91 Å². The van der Waals surface area contributed by atoms with Crippen LogP contribution in [0.25, 0.3) is 0 Å². The Hall–Kier alpha value is -3.42. The van der Waals surface area contributed by atoms with Crippen LogP contribution in [0.2, 0.25) is 0 Å². The molecule has 0 aliphatic rings. The highest BCUT2D eigenvalue weighted by atomic mass is 16.6. The van der Waals surface area contributed by atoms with Crippen LogP contribution in [0, 0.1) is 10.1 Å². The lowest BCUT2D eigenvalue weighted by atomic mass is 10.1. The maximum absolute atomic E-state index is 12.9. The van der Waals surface area contributed by atoms with Gasteiger partial charge in [-0.1, -0.05) is 30.3 Å². The first-order valence-electron chi connectivity index (χ1n) is 8.18. The summed E-state index contributed by atoms with van der Waals surface area (Å²) in [6.45, 7) is 0.386. The molecule has 2 aromatic carbocycles. The number of benzene rings is 2. The molecule has 142 valence electrons. The quantitative estimate of drug-likeness (QED) is 0.401. The van der Waals surface area contributed by atoms with Gasteiger partial charge < -0.3 is 14.4 Å². The van der Waals surface area contributed by atoms with Crippen molar-refractivity contribution < 1.29 is 24.0 Å². The molecule has 0 aliphatic heterocycles. The summed E-state index contributed by atoms with van der Waals surface area (Å²) >= 11 is 0. The van der Waals surface area contributed by atoms with E-state index in [1.54, 1.807) is 0 Å². The number of amides is 1. The molecule has 0 atom stereocenters. The summed E-state index contributed by atoms with van der Waals surface area (Å²) in [5.74, 6) is -0.796. The average molecular weight is 372 g/mol. The predicted octanol–water partition coefficient (Wildman–Crippen LogP) is 2.81. The van der Waals surface area contributed by atoms with Gasteiger partial charge in [0.1, 0.15) is 0 Å². The van der Waals surface area contributed by atoms with Gasteiger partial charge in [-0.05, 0) is 17.7 Å². The third-order valence-corrected chi connectivity index (χ3v) is 3.94. The van der Waals surface area contributed by atoms with Crippen LogP contribution in [-0.4, -0.2) is 42.5 Å². The van der Waals surface area contributed by atoms with E-state index in [4.69, 9.17) is 4.74 Å². The molecule has 2 aromatic rings. The third kappa shape index (κ3) is 5.27. The molecule has 0 aromatic heterocycles. The minimum Gasteiger partial charge on any atom is -0.490 e. The van der Waals surface area contributed by atoms with Crippen molar-refractivity contribution in [1.82, 2.24) is 4.90 Å². The topological polar surface area (TPSA) is 99.0 Å². The molecule has 27 heavy (non-hydrogen) atoms. The number of nitro benzene ring substituents is 1. The Morgan fingerprint density at radius 3 is 2.41 bits per heavy atom. The maximum atomic E-state index is 12.9. The molecule has 0 bridgehead atoms. The van der Waals surface area contributed by atoms with Gasteiger partial charge in [-0.25, -0.2) is 0 Å². The van der Waals surface area contributed by atoms with Crippen molar-refractivity contribution in [2.75, 3.05) is 20.8 Å². The highest BCUT2D eigenvalue weighted by Gasteiger charge is 2.22. The van der Waals surface area contributed by atoms with E-state index in [-0.39, 0.29) is 36.5 Å². The number of esters is 1. The molecular formula is C19H20N2O6. The van der Waals surface area contributed by atoms with Crippen LogP contribution in [0.4, 0.5) is 5.69 Å². The zero-order chi connectivity index (χ0) is 19.8. The van der Waals surface area contributed by atoms with E-state index in [9.17, 15) is 19.7 Å². The van der Waals surface area contributed by atoms with E-state index < -0.39 is 16.8 Å². The zero-order valence-corrected chi connectivity index (χ0v) is 15.1. The molecule has 0 radical (unpaired) electrons. The summed E-state index contributed by atoms with van der Waals surface area (Å²) < 4.78 is 9.60. The Morgan fingerprint density at radius 2 is 1.81 bits per heavy atom. The van der Waals surface area contributed by atoms with Crippen LogP contribution in [-0.2, 0) is 16.1 Å².